The number of nitrogens with one attached hydrogen (secondary N) is 1. The fourth-order valence-electron chi connectivity index (χ4n) is 4.63. The minimum absolute atomic E-state index is 0.350. The van der Waals surface area contributed by atoms with Crippen LogP contribution in [-0.2, 0) is 4.74 Å². The van der Waals surface area contributed by atoms with Crippen LogP contribution in [0.4, 0.5) is 22.1 Å². The highest BCUT2D eigenvalue weighted by atomic mass is 16.6. The van der Waals surface area contributed by atoms with Gasteiger partial charge in [-0.25, -0.2) is 19.3 Å². The number of amides is 1. The molecule has 1 fully saturated rings. The quantitative estimate of drug-likeness (QED) is 0.392. The van der Waals surface area contributed by atoms with Crippen molar-refractivity contribution in [2.75, 3.05) is 56.3 Å². The van der Waals surface area contributed by atoms with Gasteiger partial charge in [0.05, 0.1) is 18.5 Å². The number of likely N-dealkylation sites (N-methyl/N-ethyl adjacent to an activating group) is 1. The van der Waals surface area contributed by atoms with Gasteiger partial charge in [-0.05, 0) is 63.7 Å². The summed E-state index contributed by atoms with van der Waals surface area (Å²) >= 11 is 0. The van der Waals surface area contributed by atoms with Crippen LogP contribution in [0.15, 0.2) is 48.9 Å². The van der Waals surface area contributed by atoms with E-state index < -0.39 is 11.7 Å². The number of pyridine rings is 1. The molecule has 39 heavy (non-hydrogen) atoms. The summed E-state index contributed by atoms with van der Waals surface area (Å²) in [7, 11) is 3.69. The maximum Gasteiger partial charge on any atom is 0.412 e. The first kappa shape index (κ1) is 26.2. The van der Waals surface area contributed by atoms with E-state index in [1.807, 2.05) is 51.2 Å². The van der Waals surface area contributed by atoms with Crippen molar-refractivity contribution < 1.29 is 14.3 Å². The van der Waals surface area contributed by atoms with Crippen molar-refractivity contribution in [1.29, 1.82) is 0 Å². The number of benzene rings is 1. The summed E-state index contributed by atoms with van der Waals surface area (Å²) in [6.07, 6.45) is 2.75. The standard InChI is InChI=1S/C28H34N8O3/c1-28(2,3)39-27(37)33-21-8-6-18(14-23(21)38-5)20-15-22(36-25(20)26(29)31-17-32-36)19-7-9-24(30-16-19)35-12-10-34(4)11-13-35/h6-9,14-17H,10-13H2,1-5H3,(H,33,37)(H2,29,31,32). The molecule has 3 N–H and O–H groups in total. The number of rotatable bonds is 5. The van der Waals surface area contributed by atoms with E-state index in [2.05, 4.69) is 38.3 Å². The minimum Gasteiger partial charge on any atom is -0.495 e. The van der Waals surface area contributed by atoms with Gasteiger partial charge >= 0.3 is 6.09 Å². The van der Waals surface area contributed by atoms with Crippen LogP contribution in [0.25, 0.3) is 27.9 Å². The fourth-order valence-corrected chi connectivity index (χ4v) is 4.63. The Morgan fingerprint density at radius 3 is 2.44 bits per heavy atom. The van der Waals surface area contributed by atoms with E-state index in [1.165, 1.54) is 6.33 Å². The van der Waals surface area contributed by atoms with Crippen LogP contribution in [0.1, 0.15) is 20.8 Å². The highest BCUT2D eigenvalue weighted by Gasteiger charge is 2.21. The van der Waals surface area contributed by atoms with E-state index in [4.69, 9.17) is 20.2 Å². The lowest BCUT2D eigenvalue weighted by Gasteiger charge is -2.33. The zero-order valence-electron chi connectivity index (χ0n) is 22.9. The van der Waals surface area contributed by atoms with Gasteiger partial charge in [-0.1, -0.05) is 6.07 Å². The Kier molecular flexibility index (Phi) is 7.00. The van der Waals surface area contributed by atoms with Crippen LogP contribution >= 0.6 is 0 Å². The van der Waals surface area contributed by atoms with Gasteiger partial charge in [0.1, 0.15) is 29.0 Å². The number of hydrogen-bond acceptors (Lipinski definition) is 9. The summed E-state index contributed by atoms with van der Waals surface area (Å²) < 4.78 is 12.8. The molecule has 0 radical (unpaired) electrons. The van der Waals surface area contributed by atoms with Crippen LogP contribution in [0.3, 0.4) is 0 Å². The van der Waals surface area contributed by atoms with Gasteiger partial charge in [0.15, 0.2) is 5.82 Å². The Bertz CT molecular complexity index is 1490. The topological polar surface area (TPSA) is 123 Å². The summed E-state index contributed by atoms with van der Waals surface area (Å²) in [6.45, 7) is 9.36. The third-order valence-corrected chi connectivity index (χ3v) is 6.60. The number of nitrogens with zero attached hydrogens (tertiary/aromatic N) is 6. The first-order valence-electron chi connectivity index (χ1n) is 12.8. The molecule has 0 aliphatic carbocycles. The van der Waals surface area contributed by atoms with Gasteiger partial charge < -0.3 is 25.0 Å². The molecule has 11 heteroatoms. The number of nitrogen functional groups attached to an aromatic ring is 1. The Labute approximate surface area is 227 Å². The highest BCUT2D eigenvalue weighted by molar-refractivity contribution is 5.94. The predicted molar refractivity (Wildman–Crippen MR) is 152 cm³/mol. The maximum atomic E-state index is 12.3. The average molecular weight is 531 g/mol. The lowest BCUT2D eigenvalue weighted by atomic mass is 10.0. The summed E-state index contributed by atoms with van der Waals surface area (Å²) in [4.78, 5) is 25.9. The molecule has 0 bridgehead atoms. The zero-order chi connectivity index (χ0) is 27.7. The Morgan fingerprint density at radius 1 is 1.03 bits per heavy atom. The third kappa shape index (κ3) is 5.58. The lowest BCUT2D eigenvalue weighted by molar-refractivity contribution is 0.0635. The molecule has 204 valence electrons. The SMILES string of the molecule is COc1cc(-c2cc(-c3ccc(N4CCN(C)CC4)nc3)n3ncnc(N)c23)ccc1NC(=O)OC(C)(C)C. The number of aromatic nitrogens is 4. The minimum atomic E-state index is -0.617. The predicted octanol–water partition coefficient (Wildman–Crippen LogP) is 4.15. The smallest absolute Gasteiger partial charge is 0.412 e. The number of piperazine rings is 1. The molecule has 0 saturated carbocycles. The Morgan fingerprint density at radius 2 is 1.77 bits per heavy atom. The molecule has 0 spiro atoms. The van der Waals surface area contributed by atoms with Gasteiger partial charge in [0.2, 0.25) is 0 Å². The van der Waals surface area contributed by atoms with E-state index in [0.29, 0.717) is 22.8 Å². The summed E-state index contributed by atoms with van der Waals surface area (Å²) in [5.41, 5.74) is 10.3. The van der Waals surface area contributed by atoms with Gasteiger partial charge in [0.25, 0.3) is 0 Å². The molecule has 1 amide bonds. The first-order chi connectivity index (χ1) is 18.6. The second kappa shape index (κ2) is 10.4. The monoisotopic (exact) mass is 530 g/mol. The summed E-state index contributed by atoms with van der Waals surface area (Å²) in [6, 6.07) is 11.6. The van der Waals surface area contributed by atoms with E-state index >= 15 is 0 Å². The normalized spacial score (nSPS) is 14.4. The van der Waals surface area contributed by atoms with Crippen LogP contribution < -0.4 is 20.7 Å². The largest absolute Gasteiger partial charge is 0.495 e. The molecule has 1 aliphatic heterocycles. The van der Waals surface area contributed by atoms with Crippen molar-refractivity contribution in [3.05, 3.63) is 48.9 Å². The number of carbonyl (C=O) groups excluding carboxylic acids is 1. The molecule has 11 nitrogen and oxygen atoms in total. The van der Waals surface area contributed by atoms with Crippen molar-refractivity contribution in [2.45, 2.75) is 26.4 Å². The third-order valence-electron chi connectivity index (χ3n) is 6.60. The van der Waals surface area contributed by atoms with Gasteiger partial charge in [0, 0.05) is 43.5 Å². The molecule has 0 unspecified atom stereocenters. The molecule has 3 aromatic heterocycles. The zero-order valence-corrected chi connectivity index (χ0v) is 22.9. The molecular formula is C28H34N8O3. The van der Waals surface area contributed by atoms with E-state index in [9.17, 15) is 4.79 Å². The van der Waals surface area contributed by atoms with Crippen molar-refractivity contribution in [2.24, 2.45) is 0 Å². The molecule has 1 saturated heterocycles. The molecule has 0 atom stereocenters. The van der Waals surface area contributed by atoms with Crippen LogP contribution in [0, 0.1) is 0 Å². The van der Waals surface area contributed by atoms with Crippen molar-refractivity contribution in [3.8, 4) is 28.1 Å². The van der Waals surface area contributed by atoms with Gasteiger partial charge in [-0.15, -0.1) is 0 Å². The van der Waals surface area contributed by atoms with Crippen LogP contribution in [0.2, 0.25) is 0 Å². The Balaban J connectivity index is 1.49. The second-order valence-electron chi connectivity index (χ2n) is 10.6. The molecule has 5 rings (SSSR count). The van der Waals surface area contributed by atoms with Crippen LogP contribution in [0.5, 0.6) is 5.75 Å². The number of carbonyl (C=O) groups is 1. The lowest BCUT2D eigenvalue weighted by Crippen LogP contribution is -2.44. The molecule has 4 heterocycles. The van der Waals surface area contributed by atoms with E-state index in [1.54, 1.807) is 17.7 Å². The molecule has 4 aromatic rings. The highest BCUT2D eigenvalue weighted by Crippen LogP contribution is 2.38. The molecule has 1 aliphatic rings. The first-order valence-corrected chi connectivity index (χ1v) is 12.8. The summed E-state index contributed by atoms with van der Waals surface area (Å²) in [5, 5.41) is 7.25. The van der Waals surface area contributed by atoms with Crippen molar-refractivity contribution >= 4 is 28.9 Å². The van der Waals surface area contributed by atoms with Gasteiger partial charge in [-0.3, -0.25) is 5.32 Å². The number of anilines is 3. The second-order valence-corrected chi connectivity index (χ2v) is 10.6. The van der Waals surface area contributed by atoms with Gasteiger partial charge in [-0.2, -0.15) is 5.10 Å². The van der Waals surface area contributed by atoms with E-state index in [0.717, 1.165) is 54.4 Å². The number of methoxy groups -OCH3 is 1. The van der Waals surface area contributed by atoms with Crippen molar-refractivity contribution in [3.63, 3.8) is 0 Å². The van der Waals surface area contributed by atoms with Crippen molar-refractivity contribution in [1.82, 2.24) is 24.5 Å². The number of nitrogens with two attached hydrogens (primary N) is 1. The number of hydrogen-bond donors (Lipinski definition) is 2. The Hall–Kier alpha value is -4.38. The average Bonchev–Trinajstić information content (AvgIpc) is 3.29. The molecular weight excluding hydrogens is 496 g/mol. The number of fused-ring (bicyclic) bond motifs is 1. The summed E-state index contributed by atoms with van der Waals surface area (Å²) in [5.74, 6) is 1.79. The maximum absolute atomic E-state index is 12.3. The van der Waals surface area contributed by atoms with Crippen LogP contribution in [-0.4, -0.2) is 76.5 Å². The van der Waals surface area contributed by atoms with E-state index in [-0.39, 0.29) is 0 Å². The fraction of sp³-hybridized carbons (Fsp3) is 0.357. The number of ether oxygens (including phenoxy) is 2. The molecule has 1 aromatic carbocycles.